The Balaban J connectivity index is 1.85. The molecule has 3 rings (SSSR count). The first-order valence-corrected chi connectivity index (χ1v) is 7.97. The highest BCUT2D eigenvalue weighted by atomic mass is 16.1. The number of nitrogens with one attached hydrogen (secondary N) is 1. The molecule has 3 nitrogen and oxygen atoms in total. The summed E-state index contributed by atoms with van der Waals surface area (Å²) in [6, 6.07) is 15.9. The molecule has 0 saturated heterocycles. The number of benzene rings is 2. The summed E-state index contributed by atoms with van der Waals surface area (Å²) in [6.07, 6.45) is 2.15. The third-order valence-electron chi connectivity index (χ3n) is 4.20. The fraction of sp³-hybridized carbons (Fsp3) is 0.250. The number of hydrogen-bond acceptors (Lipinski definition) is 1. The molecule has 0 saturated carbocycles. The SMILES string of the molecule is CC(C)c1cn(C)c2ccc(C(=O)NCc3ccccc3)cc12. The van der Waals surface area contributed by atoms with Crippen LogP contribution in [0.3, 0.4) is 0 Å². The second-order valence-corrected chi connectivity index (χ2v) is 6.25. The lowest BCUT2D eigenvalue weighted by Gasteiger charge is -2.07. The van der Waals surface area contributed by atoms with E-state index < -0.39 is 0 Å². The van der Waals surface area contributed by atoms with Crippen molar-refractivity contribution < 1.29 is 4.79 Å². The molecule has 118 valence electrons. The molecule has 0 spiro atoms. The number of rotatable bonds is 4. The van der Waals surface area contributed by atoms with Crippen molar-refractivity contribution in [3.8, 4) is 0 Å². The largest absolute Gasteiger partial charge is 0.350 e. The molecule has 0 atom stereocenters. The molecule has 2 aromatic carbocycles. The Morgan fingerprint density at radius 2 is 1.87 bits per heavy atom. The Morgan fingerprint density at radius 1 is 1.13 bits per heavy atom. The van der Waals surface area contributed by atoms with E-state index in [0.29, 0.717) is 18.0 Å². The van der Waals surface area contributed by atoms with Crippen molar-refractivity contribution in [3.05, 3.63) is 71.4 Å². The lowest BCUT2D eigenvalue weighted by molar-refractivity contribution is 0.0951. The average Bonchev–Trinajstić information content (AvgIpc) is 2.90. The van der Waals surface area contributed by atoms with Gasteiger partial charge in [-0.05, 0) is 35.2 Å². The highest BCUT2D eigenvalue weighted by Gasteiger charge is 2.13. The van der Waals surface area contributed by atoms with Crippen LogP contribution >= 0.6 is 0 Å². The van der Waals surface area contributed by atoms with Crippen molar-refractivity contribution in [2.45, 2.75) is 26.3 Å². The predicted molar refractivity (Wildman–Crippen MR) is 94.6 cm³/mol. The van der Waals surface area contributed by atoms with Crippen LogP contribution in [-0.4, -0.2) is 10.5 Å². The Morgan fingerprint density at radius 3 is 2.57 bits per heavy atom. The second kappa shape index (κ2) is 6.29. The van der Waals surface area contributed by atoms with Gasteiger partial charge in [-0.25, -0.2) is 0 Å². The molecular formula is C20H22N2O. The fourth-order valence-electron chi connectivity index (χ4n) is 2.90. The van der Waals surface area contributed by atoms with Crippen molar-refractivity contribution in [2.75, 3.05) is 0 Å². The van der Waals surface area contributed by atoms with Gasteiger partial charge < -0.3 is 9.88 Å². The summed E-state index contributed by atoms with van der Waals surface area (Å²) in [4.78, 5) is 12.4. The second-order valence-electron chi connectivity index (χ2n) is 6.25. The van der Waals surface area contributed by atoms with Crippen LogP contribution in [0.25, 0.3) is 10.9 Å². The minimum Gasteiger partial charge on any atom is -0.350 e. The van der Waals surface area contributed by atoms with Crippen LogP contribution in [-0.2, 0) is 13.6 Å². The lowest BCUT2D eigenvalue weighted by Crippen LogP contribution is -2.22. The third kappa shape index (κ3) is 3.14. The van der Waals surface area contributed by atoms with Crippen LogP contribution in [0, 0.1) is 0 Å². The number of fused-ring (bicyclic) bond motifs is 1. The summed E-state index contributed by atoms with van der Waals surface area (Å²) < 4.78 is 2.12. The van der Waals surface area contributed by atoms with E-state index in [1.165, 1.54) is 5.56 Å². The van der Waals surface area contributed by atoms with E-state index in [1.807, 2.05) is 55.6 Å². The van der Waals surface area contributed by atoms with Gasteiger partial charge in [-0.3, -0.25) is 4.79 Å². The fourth-order valence-corrected chi connectivity index (χ4v) is 2.90. The lowest BCUT2D eigenvalue weighted by atomic mass is 10.0. The van der Waals surface area contributed by atoms with Gasteiger partial charge in [0.25, 0.3) is 5.91 Å². The molecule has 0 aliphatic carbocycles. The number of aryl methyl sites for hydroxylation is 1. The minimum atomic E-state index is -0.0330. The first kappa shape index (κ1) is 15.3. The number of aromatic nitrogens is 1. The molecule has 1 N–H and O–H groups in total. The molecule has 0 unspecified atom stereocenters. The molecular weight excluding hydrogens is 284 g/mol. The van der Waals surface area contributed by atoms with Crippen LogP contribution in [0.15, 0.2) is 54.7 Å². The zero-order chi connectivity index (χ0) is 16.4. The maximum absolute atomic E-state index is 12.4. The third-order valence-corrected chi connectivity index (χ3v) is 4.20. The Kier molecular flexibility index (Phi) is 4.20. The van der Waals surface area contributed by atoms with Gasteiger partial charge in [0.05, 0.1) is 0 Å². The van der Waals surface area contributed by atoms with E-state index in [9.17, 15) is 4.79 Å². The quantitative estimate of drug-likeness (QED) is 0.769. The van der Waals surface area contributed by atoms with Gasteiger partial charge >= 0.3 is 0 Å². The van der Waals surface area contributed by atoms with Crippen molar-refractivity contribution in [3.63, 3.8) is 0 Å². The number of nitrogens with zero attached hydrogens (tertiary/aromatic N) is 1. The van der Waals surface area contributed by atoms with Crippen molar-refractivity contribution >= 4 is 16.8 Å². The summed E-state index contributed by atoms with van der Waals surface area (Å²) in [6.45, 7) is 4.90. The summed E-state index contributed by atoms with van der Waals surface area (Å²) in [5.41, 5.74) is 4.25. The molecule has 23 heavy (non-hydrogen) atoms. The van der Waals surface area contributed by atoms with E-state index in [4.69, 9.17) is 0 Å². The maximum atomic E-state index is 12.4. The van der Waals surface area contributed by atoms with Crippen LogP contribution in [0.1, 0.15) is 41.3 Å². The zero-order valence-electron chi connectivity index (χ0n) is 13.8. The standard InChI is InChI=1S/C20H22N2O/c1-14(2)18-13-22(3)19-10-9-16(11-17(18)19)20(23)21-12-15-7-5-4-6-8-15/h4-11,13-14H,12H2,1-3H3,(H,21,23). The zero-order valence-corrected chi connectivity index (χ0v) is 13.8. The van der Waals surface area contributed by atoms with Crippen LogP contribution in [0.4, 0.5) is 0 Å². The monoisotopic (exact) mass is 306 g/mol. The number of carbonyl (C=O) groups is 1. The normalized spacial score (nSPS) is 11.1. The van der Waals surface area contributed by atoms with Gasteiger partial charge in [0.15, 0.2) is 0 Å². The van der Waals surface area contributed by atoms with Gasteiger partial charge in [-0.1, -0.05) is 44.2 Å². The molecule has 3 heteroatoms. The van der Waals surface area contributed by atoms with Gasteiger partial charge in [-0.15, -0.1) is 0 Å². The highest BCUT2D eigenvalue weighted by molar-refractivity contribution is 5.99. The molecule has 0 bridgehead atoms. The highest BCUT2D eigenvalue weighted by Crippen LogP contribution is 2.27. The Hall–Kier alpha value is -2.55. The summed E-state index contributed by atoms with van der Waals surface area (Å²) in [5, 5.41) is 4.15. The molecule has 0 aliphatic heterocycles. The van der Waals surface area contributed by atoms with Crippen LogP contribution < -0.4 is 5.32 Å². The van der Waals surface area contributed by atoms with Gasteiger partial charge in [0, 0.05) is 36.3 Å². The summed E-state index contributed by atoms with van der Waals surface area (Å²) >= 11 is 0. The molecule has 1 aromatic heterocycles. The number of amides is 1. The average molecular weight is 306 g/mol. The smallest absolute Gasteiger partial charge is 0.251 e. The van der Waals surface area contributed by atoms with E-state index in [0.717, 1.165) is 16.5 Å². The van der Waals surface area contributed by atoms with E-state index in [-0.39, 0.29) is 5.91 Å². The molecule has 3 aromatic rings. The van der Waals surface area contributed by atoms with E-state index >= 15 is 0 Å². The molecule has 1 heterocycles. The number of carbonyl (C=O) groups excluding carboxylic acids is 1. The molecule has 0 fully saturated rings. The van der Waals surface area contributed by atoms with Crippen molar-refractivity contribution in [2.24, 2.45) is 7.05 Å². The van der Waals surface area contributed by atoms with Gasteiger partial charge in [0.2, 0.25) is 0 Å². The van der Waals surface area contributed by atoms with Gasteiger partial charge in [0.1, 0.15) is 0 Å². The Bertz CT molecular complexity index is 831. The molecule has 0 radical (unpaired) electrons. The first-order chi connectivity index (χ1) is 11.1. The summed E-state index contributed by atoms with van der Waals surface area (Å²) in [5.74, 6) is 0.399. The van der Waals surface area contributed by atoms with Gasteiger partial charge in [-0.2, -0.15) is 0 Å². The van der Waals surface area contributed by atoms with Crippen LogP contribution in [0.5, 0.6) is 0 Å². The van der Waals surface area contributed by atoms with Crippen LogP contribution in [0.2, 0.25) is 0 Å². The van der Waals surface area contributed by atoms with Crippen molar-refractivity contribution in [1.29, 1.82) is 0 Å². The van der Waals surface area contributed by atoms with E-state index in [2.05, 4.69) is 29.9 Å². The Labute approximate surface area is 136 Å². The van der Waals surface area contributed by atoms with Crippen molar-refractivity contribution in [1.82, 2.24) is 9.88 Å². The predicted octanol–water partition coefficient (Wildman–Crippen LogP) is 4.23. The van der Waals surface area contributed by atoms with E-state index in [1.54, 1.807) is 0 Å². The maximum Gasteiger partial charge on any atom is 0.251 e. The molecule has 0 aliphatic rings. The number of hydrogen-bond donors (Lipinski definition) is 1. The topological polar surface area (TPSA) is 34.0 Å². The summed E-state index contributed by atoms with van der Waals surface area (Å²) in [7, 11) is 2.05. The molecule has 1 amide bonds. The minimum absolute atomic E-state index is 0.0330. The first-order valence-electron chi connectivity index (χ1n) is 7.97.